The molecular formula is C31H42N3O8S-. The van der Waals surface area contributed by atoms with Crippen LogP contribution in [0.5, 0.6) is 0 Å². The van der Waals surface area contributed by atoms with Crippen LogP contribution < -0.4 is 10.8 Å². The molecule has 2 heterocycles. The van der Waals surface area contributed by atoms with Crippen molar-refractivity contribution in [1.29, 1.82) is 0 Å². The van der Waals surface area contributed by atoms with Gasteiger partial charge in [0, 0.05) is 31.1 Å². The highest BCUT2D eigenvalue weighted by Crippen LogP contribution is 2.36. The number of aliphatic hydroxyl groups is 1. The van der Waals surface area contributed by atoms with Crippen molar-refractivity contribution in [2.45, 2.75) is 75.8 Å². The number of nitrogen functional groups attached to an aromatic ring is 1. The summed E-state index contributed by atoms with van der Waals surface area (Å²) in [6.07, 6.45) is -2.07. The summed E-state index contributed by atoms with van der Waals surface area (Å²) in [5, 5.41) is 24.6. The molecule has 5 atom stereocenters. The number of anilines is 1. The number of rotatable bonds is 14. The Hall–Kier alpha value is -3.03. The molecule has 12 heteroatoms. The van der Waals surface area contributed by atoms with Gasteiger partial charge < -0.3 is 39.9 Å². The highest BCUT2D eigenvalue weighted by Gasteiger charge is 2.47. The standard InChI is InChI=1S/C31H43N3O8S/c1-21(35)12-14-31(2,3)20-33(43(39,40)24-11-7-10-23(32)17-24)18-28(36)26(16-22-8-5-4-6-9-22)34(30(37)38)27-19-42-29-25(27)13-15-41-29/h4-11,17,25-29,36H,12-16,18-20,32H2,1-3H3,(H,37,38)/p-1/t25-,26-,27-,28+,29+/m0/s1. The predicted octanol–water partition coefficient (Wildman–Crippen LogP) is 2.03. The van der Waals surface area contributed by atoms with Crippen LogP contribution >= 0.6 is 0 Å². The van der Waals surface area contributed by atoms with E-state index in [1.165, 1.54) is 29.4 Å². The Morgan fingerprint density at radius 3 is 2.51 bits per heavy atom. The lowest BCUT2D eigenvalue weighted by Crippen LogP contribution is -2.61. The van der Waals surface area contributed by atoms with E-state index in [2.05, 4.69) is 0 Å². The van der Waals surface area contributed by atoms with Crippen molar-refractivity contribution >= 4 is 27.6 Å². The minimum absolute atomic E-state index is 0.0150. The highest BCUT2D eigenvalue weighted by atomic mass is 32.2. The van der Waals surface area contributed by atoms with E-state index in [0.717, 1.165) is 10.5 Å². The third kappa shape index (κ3) is 8.12. The van der Waals surface area contributed by atoms with Gasteiger partial charge in [0.05, 0.1) is 36.3 Å². The van der Waals surface area contributed by atoms with Gasteiger partial charge in [0.1, 0.15) is 11.9 Å². The van der Waals surface area contributed by atoms with E-state index >= 15 is 0 Å². The molecular weight excluding hydrogens is 574 g/mol. The molecule has 2 aliphatic heterocycles. The molecule has 0 saturated carbocycles. The van der Waals surface area contributed by atoms with Crippen LogP contribution in [0.15, 0.2) is 59.5 Å². The van der Waals surface area contributed by atoms with Crippen molar-refractivity contribution in [3.8, 4) is 0 Å². The number of carbonyl (C=O) groups excluding carboxylic acids is 2. The van der Waals surface area contributed by atoms with Gasteiger partial charge in [-0.3, -0.25) is 0 Å². The Morgan fingerprint density at radius 2 is 1.86 bits per heavy atom. The second kappa shape index (κ2) is 13.7. The first-order valence-corrected chi connectivity index (χ1v) is 16.0. The summed E-state index contributed by atoms with van der Waals surface area (Å²) in [5.41, 5.74) is 6.30. The number of hydrogen-bond donors (Lipinski definition) is 2. The molecule has 236 valence electrons. The van der Waals surface area contributed by atoms with Crippen molar-refractivity contribution in [3.63, 3.8) is 0 Å². The van der Waals surface area contributed by atoms with Gasteiger partial charge in [-0.2, -0.15) is 4.31 Å². The van der Waals surface area contributed by atoms with Crippen LogP contribution in [-0.2, 0) is 30.7 Å². The Labute approximate surface area is 253 Å². The summed E-state index contributed by atoms with van der Waals surface area (Å²) in [5.74, 6) is -0.250. The molecule has 2 aromatic rings. The normalized spacial score (nSPS) is 21.8. The topological polar surface area (TPSA) is 163 Å². The van der Waals surface area contributed by atoms with Crippen LogP contribution in [0, 0.1) is 11.3 Å². The number of nitrogens with two attached hydrogens (primary N) is 1. The summed E-state index contributed by atoms with van der Waals surface area (Å²) in [6, 6.07) is 13.3. The lowest BCUT2D eigenvalue weighted by atomic mass is 9.87. The summed E-state index contributed by atoms with van der Waals surface area (Å²) in [4.78, 5) is 25.6. The molecule has 1 amide bonds. The zero-order chi connectivity index (χ0) is 31.4. The van der Waals surface area contributed by atoms with Crippen LogP contribution in [-0.4, -0.2) is 85.4 Å². The molecule has 4 rings (SSSR count). The van der Waals surface area contributed by atoms with E-state index in [1.807, 2.05) is 44.2 Å². The number of ketones is 1. The van der Waals surface area contributed by atoms with Crippen LogP contribution in [0.2, 0.25) is 0 Å². The number of ether oxygens (including phenoxy) is 2. The van der Waals surface area contributed by atoms with Crippen molar-refractivity contribution in [2.75, 3.05) is 32.0 Å². The summed E-state index contributed by atoms with van der Waals surface area (Å²) in [7, 11) is -4.19. The quantitative estimate of drug-likeness (QED) is 0.303. The van der Waals surface area contributed by atoms with Crippen molar-refractivity contribution < 1.29 is 37.7 Å². The Balaban J connectivity index is 1.71. The molecule has 0 aliphatic carbocycles. The first kappa shape index (κ1) is 32.9. The number of nitrogens with zero attached hydrogens (tertiary/aromatic N) is 2. The Bertz CT molecular complexity index is 1370. The summed E-state index contributed by atoms with van der Waals surface area (Å²) in [6.45, 7) is 5.27. The molecule has 2 saturated heterocycles. The number of fused-ring (bicyclic) bond motifs is 1. The largest absolute Gasteiger partial charge is 0.530 e. The third-order valence-electron chi connectivity index (χ3n) is 8.31. The van der Waals surface area contributed by atoms with E-state index in [-0.39, 0.29) is 48.3 Å². The fourth-order valence-electron chi connectivity index (χ4n) is 5.99. The fraction of sp³-hybridized carbons (Fsp3) is 0.548. The molecule has 2 aromatic carbocycles. The Kier molecular flexibility index (Phi) is 10.5. The number of benzene rings is 2. The van der Waals surface area contributed by atoms with E-state index in [9.17, 15) is 28.2 Å². The van der Waals surface area contributed by atoms with Gasteiger partial charge in [-0.25, -0.2) is 8.42 Å². The molecule has 0 spiro atoms. The van der Waals surface area contributed by atoms with Crippen molar-refractivity contribution in [2.24, 2.45) is 11.3 Å². The smallest absolute Gasteiger partial charge is 0.243 e. The van der Waals surface area contributed by atoms with Crippen LogP contribution in [0.3, 0.4) is 0 Å². The van der Waals surface area contributed by atoms with Gasteiger partial charge in [0.25, 0.3) is 0 Å². The summed E-state index contributed by atoms with van der Waals surface area (Å²) >= 11 is 0. The molecule has 0 bridgehead atoms. The zero-order valence-corrected chi connectivity index (χ0v) is 25.7. The zero-order valence-electron chi connectivity index (χ0n) is 24.9. The predicted molar refractivity (Wildman–Crippen MR) is 158 cm³/mol. The van der Waals surface area contributed by atoms with Gasteiger partial charge in [-0.1, -0.05) is 50.2 Å². The number of Topliss-reactive ketones (excluding diaryl/α,β-unsaturated/α-hetero) is 1. The number of amides is 1. The van der Waals surface area contributed by atoms with Crippen LogP contribution in [0.4, 0.5) is 10.5 Å². The maximum atomic E-state index is 14.0. The van der Waals surface area contributed by atoms with Crippen LogP contribution in [0.1, 0.15) is 45.6 Å². The average molecular weight is 617 g/mol. The molecule has 2 fully saturated rings. The first-order chi connectivity index (χ1) is 20.3. The second-order valence-corrected chi connectivity index (χ2v) is 14.3. The molecule has 0 radical (unpaired) electrons. The number of carboxylic acid groups (broad SMARTS) is 1. The van der Waals surface area contributed by atoms with E-state index in [0.29, 0.717) is 19.4 Å². The van der Waals surface area contributed by atoms with Crippen molar-refractivity contribution in [3.05, 3.63) is 60.2 Å². The molecule has 3 N–H and O–H groups in total. The fourth-order valence-corrected chi connectivity index (χ4v) is 7.70. The van der Waals surface area contributed by atoms with Gasteiger partial charge in [-0.15, -0.1) is 0 Å². The maximum Gasteiger partial charge on any atom is 0.243 e. The minimum atomic E-state index is -4.19. The van der Waals surface area contributed by atoms with E-state index in [4.69, 9.17) is 15.2 Å². The highest BCUT2D eigenvalue weighted by molar-refractivity contribution is 7.89. The summed E-state index contributed by atoms with van der Waals surface area (Å²) < 4.78 is 40.6. The molecule has 2 aliphatic rings. The number of aliphatic hydroxyl groups excluding tert-OH is 1. The van der Waals surface area contributed by atoms with Crippen LogP contribution in [0.25, 0.3) is 0 Å². The molecule has 11 nitrogen and oxygen atoms in total. The lowest BCUT2D eigenvalue weighted by Gasteiger charge is -2.43. The van der Waals surface area contributed by atoms with E-state index in [1.54, 1.807) is 6.07 Å². The molecule has 0 unspecified atom stereocenters. The van der Waals surface area contributed by atoms with E-state index < -0.39 is 52.6 Å². The maximum absolute atomic E-state index is 14.0. The Morgan fingerprint density at radius 1 is 1.14 bits per heavy atom. The number of carbonyl (C=O) groups is 2. The van der Waals surface area contributed by atoms with Gasteiger partial charge >= 0.3 is 0 Å². The monoisotopic (exact) mass is 616 g/mol. The number of sulfonamides is 1. The number of hydrogen-bond acceptors (Lipinski definition) is 9. The SMILES string of the molecule is CC(=O)CCC(C)(C)CN(C[C@@H](O)[C@H](Cc1ccccc1)N(C(=O)[O-])[C@H]1CO[C@H]2OCC[C@H]21)S(=O)(=O)c1cccc(N)c1. The molecule has 0 aromatic heterocycles. The first-order valence-electron chi connectivity index (χ1n) is 14.6. The second-order valence-electron chi connectivity index (χ2n) is 12.3. The van der Waals surface area contributed by atoms with Gasteiger partial charge in [0.15, 0.2) is 6.29 Å². The van der Waals surface area contributed by atoms with Gasteiger partial charge in [0.2, 0.25) is 10.0 Å². The minimum Gasteiger partial charge on any atom is -0.530 e. The van der Waals surface area contributed by atoms with Crippen molar-refractivity contribution in [1.82, 2.24) is 9.21 Å². The van der Waals surface area contributed by atoms with Gasteiger partial charge in [-0.05, 0) is 55.4 Å². The average Bonchev–Trinajstić information content (AvgIpc) is 3.57. The third-order valence-corrected chi connectivity index (χ3v) is 10.1. The lowest BCUT2D eigenvalue weighted by molar-refractivity contribution is -0.273. The molecule has 43 heavy (non-hydrogen) atoms.